The van der Waals surface area contributed by atoms with Crippen LogP contribution in [0.25, 0.3) is 0 Å². The fourth-order valence-electron chi connectivity index (χ4n) is 4.46. The number of hydrogen-bond acceptors (Lipinski definition) is 4. The molecule has 1 aromatic carbocycles. The maximum atomic E-state index is 12.7. The fraction of sp³-hybridized carbons (Fsp3) is 0.583. The molecule has 0 spiro atoms. The molecule has 1 aromatic heterocycles. The van der Waals surface area contributed by atoms with Gasteiger partial charge in [-0.15, -0.1) is 0 Å². The van der Waals surface area contributed by atoms with Crippen molar-refractivity contribution in [3.05, 3.63) is 52.8 Å². The second-order valence-electron chi connectivity index (χ2n) is 8.64. The van der Waals surface area contributed by atoms with E-state index in [1.807, 2.05) is 29.8 Å². The van der Waals surface area contributed by atoms with E-state index in [1.165, 1.54) is 24.8 Å². The van der Waals surface area contributed by atoms with Crippen LogP contribution in [0, 0.1) is 13.8 Å². The Labute approximate surface area is 180 Å². The molecule has 164 valence electrons. The lowest BCUT2D eigenvalue weighted by atomic mass is 9.94. The molecule has 1 fully saturated rings. The van der Waals surface area contributed by atoms with Crippen LogP contribution in [0.15, 0.2) is 30.3 Å². The summed E-state index contributed by atoms with van der Waals surface area (Å²) in [6.07, 6.45) is 5.50. The molecule has 2 aromatic rings. The van der Waals surface area contributed by atoms with Gasteiger partial charge >= 0.3 is 0 Å². The smallest absolute Gasteiger partial charge is 0.234 e. The third kappa shape index (κ3) is 6.16. The summed E-state index contributed by atoms with van der Waals surface area (Å²) >= 11 is 0. The number of nitrogens with one attached hydrogen (secondary N) is 1. The maximum Gasteiger partial charge on any atom is 0.234 e. The van der Waals surface area contributed by atoms with Crippen LogP contribution in [0.2, 0.25) is 0 Å². The summed E-state index contributed by atoms with van der Waals surface area (Å²) in [5.74, 6) is 0.0100. The maximum absolute atomic E-state index is 12.7. The predicted octanol–water partition coefficient (Wildman–Crippen LogP) is 3.18. The molecule has 6 heteroatoms. The molecule has 2 N–H and O–H groups in total. The first-order valence-electron chi connectivity index (χ1n) is 11.2. The molecule has 1 amide bonds. The predicted molar refractivity (Wildman–Crippen MR) is 119 cm³/mol. The highest BCUT2D eigenvalue weighted by atomic mass is 16.3. The highest BCUT2D eigenvalue weighted by molar-refractivity contribution is 5.78. The Morgan fingerprint density at radius 2 is 1.93 bits per heavy atom. The van der Waals surface area contributed by atoms with Crippen molar-refractivity contribution in [1.82, 2.24) is 20.0 Å². The molecule has 1 aliphatic carbocycles. The SMILES string of the molecule is Cc1nn(Cc2ccccc2)c(C)c1CNC(=O)CN(CC(C)O)C1CCCCC1. The Kier molecular flexibility index (Phi) is 8.05. The largest absolute Gasteiger partial charge is 0.392 e. The van der Waals surface area contributed by atoms with Gasteiger partial charge in [-0.2, -0.15) is 5.10 Å². The molecular weight excluding hydrogens is 376 g/mol. The summed E-state index contributed by atoms with van der Waals surface area (Å²) in [7, 11) is 0. The number of carbonyl (C=O) groups is 1. The molecule has 3 rings (SSSR count). The quantitative estimate of drug-likeness (QED) is 0.664. The minimum Gasteiger partial charge on any atom is -0.392 e. The Morgan fingerprint density at radius 3 is 2.60 bits per heavy atom. The molecule has 1 atom stereocenters. The number of aromatic nitrogens is 2. The lowest BCUT2D eigenvalue weighted by Gasteiger charge is -2.34. The summed E-state index contributed by atoms with van der Waals surface area (Å²) in [4.78, 5) is 14.9. The molecule has 1 unspecified atom stereocenters. The van der Waals surface area contributed by atoms with E-state index in [2.05, 4.69) is 34.4 Å². The minimum absolute atomic E-state index is 0.0100. The van der Waals surface area contributed by atoms with E-state index in [-0.39, 0.29) is 5.91 Å². The summed E-state index contributed by atoms with van der Waals surface area (Å²) in [6, 6.07) is 10.7. The van der Waals surface area contributed by atoms with Crippen molar-refractivity contribution in [3.63, 3.8) is 0 Å². The van der Waals surface area contributed by atoms with Crippen LogP contribution in [-0.2, 0) is 17.9 Å². The van der Waals surface area contributed by atoms with Crippen LogP contribution in [-0.4, -0.2) is 50.9 Å². The zero-order chi connectivity index (χ0) is 21.5. The van der Waals surface area contributed by atoms with Gasteiger partial charge in [0, 0.05) is 30.4 Å². The summed E-state index contributed by atoms with van der Waals surface area (Å²) in [6.45, 7) is 7.95. The zero-order valence-corrected chi connectivity index (χ0v) is 18.6. The lowest BCUT2D eigenvalue weighted by molar-refractivity contribution is -0.123. The second-order valence-corrected chi connectivity index (χ2v) is 8.64. The first-order chi connectivity index (χ1) is 14.4. The zero-order valence-electron chi connectivity index (χ0n) is 18.6. The van der Waals surface area contributed by atoms with Crippen LogP contribution in [0.5, 0.6) is 0 Å². The van der Waals surface area contributed by atoms with Gasteiger partial charge in [0.05, 0.1) is 24.9 Å². The van der Waals surface area contributed by atoms with E-state index >= 15 is 0 Å². The Bertz CT molecular complexity index is 810. The normalized spacial score (nSPS) is 16.0. The van der Waals surface area contributed by atoms with Crippen molar-refractivity contribution < 1.29 is 9.90 Å². The number of aliphatic hydroxyl groups excluding tert-OH is 1. The molecule has 1 saturated carbocycles. The van der Waals surface area contributed by atoms with E-state index in [0.717, 1.165) is 36.3 Å². The van der Waals surface area contributed by atoms with Gasteiger partial charge in [0.15, 0.2) is 0 Å². The molecule has 1 aliphatic rings. The van der Waals surface area contributed by atoms with E-state index in [0.29, 0.717) is 25.7 Å². The standard InChI is InChI=1S/C24H36N4O2/c1-18(29)15-27(22-12-8-5-9-13-22)17-24(30)25-14-23-19(2)26-28(20(23)3)16-21-10-6-4-7-11-21/h4,6-7,10-11,18,22,29H,5,8-9,12-17H2,1-3H3,(H,25,30). The van der Waals surface area contributed by atoms with Gasteiger partial charge < -0.3 is 10.4 Å². The molecule has 0 aliphatic heterocycles. The first kappa shape index (κ1) is 22.5. The van der Waals surface area contributed by atoms with Crippen LogP contribution >= 0.6 is 0 Å². The van der Waals surface area contributed by atoms with Crippen LogP contribution in [0.4, 0.5) is 0 Å². The van der Waals surface area contributed by atoms with Gasteiger partial charge in [0.2, 0.25) is 5.91 Å². The van der Waals surface area contributed by atoms with E-state index in [9.17, 15) is 9.90 Å². The molecule has 0 saturated heterocycles. The summed E-state index contributed by atoms with van der Waals surface area (Å²) < 4.78 is 2.01. The van der Waals surface area contributed by atoms with Gasteiger partial charge in [0.25, 0.3) is 0 Å². The van der Waals surface area contributed by atoms with Gasteiger partial charge in [0.1, 0.15) is 0 Å². The van der Waals surface area contributed by atoms with Crippen molar-refractivity contribution in [3.8, 4) is 0 Å². The van der Waals surface area contributed by atoms with Gasteiger partial charge in [-0.1, -0.05) is 49.6 Å². The lowest BCUT2D eigenvalue weighted by Crippen LogP contribution is -2.46. The highest BCUT2D eigenvalue weighted by Gasteiger charge is 2.24. The number of aliphatic hydroxyl groups is 1. The third-order valence-electron chi connectivity index (χ3n) is 6.11. The Balaban J connectivity index is 1.59. The number of benzene rings is 1. The van der Waals surface area contributed by atoms with Gasteiger partial charge in [-0.25, -0.2) is 0 Å². The van der Waals surface area contributed by atoms with Gasteiger partial charge in [-0.05, 0) is 39.2 Å². The van der Waals surface area contributed by atoms with Crippen LogP contribution in [0.3, 0.4) is 0 Å². The monoisotopic (exact) mass is 412 g/mol. The number of carbonyl (C=O) groups excluding carboxylic acids is 1. The molecule has 6 nitrogen and oxygen atoms in total. The van der Waals surface area contributed by atoms with Crippen molar-refractivity contribution in [1.29, 1.82) is 0 Å². The topological polar surface area (TPSA) is 70.4 Å². The fourth-order valence-corrected chi connectivity index (χ4v) is 4.46. The number of nitrogens with zero attached hydrogens (tertiary/aromatic N) is 3. The number of amides is 1. The number of aryl methyl sites for hydroxylation is 1. The summed E-state index contributed by atoms with van der Waals surface area (Å²) in [5, 5.41) is 17.7. The Morgan fingerprint density at radius 1 is 1.23 bits per heavy atom. The van der Waals surface area contributed by atoms with E-state index in [4.69, 9.17) is 0 Å². The average Bonchev–Trinajstić information content (AvgIpc) is 2.99. The Hall–Kier alpha value is -2.18. The molecule has 0 radical (unpaired) electrons. The van der Waals surface area contributed by atoms with Crippen LogP contribution < -0.4 is 5.32 Å². The van der Waals surface area contributed by atoms with Crippen molar-refractivity contribution in [2.75, 3.05) is 13.1 Å². The first-order valence-corrected chi connectivity index (χ1v) is 11.2. The van der Waals surface area contributed by atoms with E-state index < -0.39 is 6.10 Å². The van der Waals surface area contributed by atoms with Gasteiger partial charge in [-0.3, -0.25) is 14.4 Å². The van der Waals surface area contributed by atoms with E-state index in [1.54, 1.807) is 6.92 Å². The molecule has 0 bridgehead atoms. The van der Waals surface area contributed by atoms with Crippen molar-refractivity contribution >= 4 is 5.91 Å². The second kappa shape index (κ2) is 10.7. The number of rotatable bonds is 9. The van der Waals surface area contributed by atoms with Crippen molar-refractivity contribution in [2.24, 2.45) is 0 Å². The molecular formula is C24H36N4O2. The average molecular weight is 413 g/mol. The van der Waals surface area contributed by atoms with Crippen LogP contribution in [0.1, 0.15) is 61.5 Å². The minimum atomic E-state index is -0.430. The van der Waals surface area contributed by atoms with Crippen molar-refractivity contribution in [2.45, 2.75) is 78.1 Å². The summed E-state index contributed by atoms with van der Waals surface area (Å²) in [5.41, 5.74) is 4.33. The molecule has 1 heterocycles. The third-order valence-corrected chi connectivity index (χ3v) is 6.11. The number of hydrogen-bond donors (Lipinski definition) is 2. The highest BCUT2D eigenvalue weighted by Crippen LogP contribution is 2.22. The molecule has 30 heavy (non-hydrogen) atoms.